The number of carbonyl (C=O) groups is 1. The van der Waals surface area contributed by atoms with E-state index in [1.165, 1.54) is 0 Å². The van der Waals surface area contributed by atoms with Gasteiger partial charge in [0.25, 0.3) is 0 Å². The van der Waals surface area contributed by atoms with Crippen molar-refractivity contribution in [2.75, 3.05) is 38.0 Å². The molecule has 1 aliphatic rings. The van der Waals surface area contributed by atoms with E-state index >= 15 is 0 Å². The molecule has 2 N–H and O–H groups in total. The molecule has 7 heteroatoms. The Balaban J connectivity index is 1.79. The Morgan fingerprint density at radius 2 is 2.00 bits per heavy atom. The van der Waals surface area contributed by atoms with Gasteiger partial charge in [0.1, 0.15) is 0 Å². The van der Waals surface area contributed by atoms with Crippen LogP contribution < -0.4 is 5.32 Å². The summed E-state index contributed by atoms with van der Waals surface area (Å²) in [6, 6.07) is 1.47. The summed E-state index contributed by atoms with van der Waals surface area (Å²) in [5.41, 5.74) is 0.628. The number of aliphatic hydroxyl groups is 1. The first kappa shape index (κ1) is 18.9. The van der Waals surface area contributed by atoms with Gasteiger partial charge in [0.05, 0.1) is 17.8 Å². The molecule has 2 atom stereocenters. The molecular formula is C17H30N4O3. The number of aryl methyl sites for hydroxylation is 1. The molecule has 0 aromatic carbocycles. The molecule has 136 valence electrons. The molecule has 2 rings (SSSR count). The van der Waals surface area contributed by atoms with Gasteiger partial charge in [-0.05, 0) is 19.3 Å². The predicted molar refractivity (Wildman–Crippen MR) is 92.8 cm³/mol. The first-order chi connectivity index (χ1) is 11.2. The van der Waals surface area contributed by atoms with Crippen LogP contribution in [0.15, 0.2) is 10.6 Å². The van der Waals surface area contributed by atoms with Gasteiger partial charge in [-0.25, -0.2) is 0 Å². The maximum absolute atomic E-state index is 12.3. The zero-order chi connectivity index (χ0) is 17.9. The third-order valence-electron chi connectivity index (χ3n) is 4.64. The Kier molecular flexibility index (Phi) is 6.01. The third kappa shape index (κ3) is 5.03. The summed E-state index contributed by atoms with van der Waals surface area (Å²) in [5.74, 6) is 0.297. The Hall–Kier alpha value is -1.44. The zero-order valence-corrected chi connectivity index (χ0v) is 15.4. The first-order valence-electron chi connectivity index (χ1n) is 8.55. The van der Waals surface area contributed by atoms with Gasteiger partial charge in [-0.15, -0.1) is 0 Å². The largest absolute Gasteiger partial charge is 0.391 e. The molecule has 1 aromatic rings. The molecule has 0 saturated carbocycles. The van der Waals surface area contributed by atoms with Crippen molar-refractivity contribution < 1.29 is 14.4 Å². The number of rotatable bonds is 5. The van der Waals surface area contributed by atoms with Crippen molar-refractivity contribution in [1.29, 1.82) is 0 Å². The Bertz CT molecular complexity index is 544. The average molecular weight is 338 g/mol. The molecule has 0 unspecified atom stereocenters. The van der Waals surface area contributed by atoms with Gasteiger partial charge in [-0.3, -0.25) is 19.9 Å². The number of carbonyl (C=O) groups excluding carboxylic acids is 1. The lowest BCUT2D eigenvalue weighted by molar-refractivity contribution is -0.121. The first-order valence-corrected chi connectivity index (χ1v) is 8.55. The van der Waals surface area contributed by atoms with E-state index in [1.807, 2.05) is 34.6 Å². The number of hydrogen-bond donors (Lipinski definition) is 2. The minimum atomic E-state index is -0.348. The van der Waals surface area contributed by atoms with Crippen LogP contribution in [0.4, 0.5) is 5.88 Å². The molecule has 1 saturated heterocycles. The number of aromatic nitrogens is 1. The van der Waals surface area contributed by atoms with Crippen LogP contribution in [0.3, 0.4) is 0 Å². The number of β-amino-alcohol motifs (C(OH)–C–C–N with tert-alkyl or cyclic N) is 1. The molecule has 0 radical (unpaired) electrons. The molecule has 1 amide bonds. The van der Waals surface area contributed by atoms with E-state index in [9.17, 15) is 9.90 Å². The lowest BCUT2D eigenvalue weighted by atomic mass is 9.89. The van der Waals surface area contributed by atoms with Gasteiger partial charge in [-0.1, -0.05) is 25.9 Å². The molecule has 0 bridgehead atoms. The fourth-order valence-corrected chi connectivity index (χ4v) is 2.67. The van der Waals surface area contributed by atoms with E-state index in [1.54, 1.807) is 6.07 Å². The van der Waals surface area contributed by atoms with Crippen LogP contribution in [-0.2, 0) is 4.79 Å². The summed E-state index contributed by atoms with van der Waals surface area (Å²) in [4.78, 5) is 16.7. The van der Waals surface area contributed by atoms with Crippen molar-refractivity contribution in [3.63, 3.8) is 0 Å². The topological polar surface area (TPSA) is 81.8 Å². The Morgan fingerprint density at radius 3 is 2.50 bits per heavy atom. The van der Waals surface area contributed by atoms with Crippen LogP contribution in [-0.4, -0.2) is 70.8 Å². The molecule has 0 aliphatic carbocycles. The number of nitrogens with zero attached hydrogens (tertiary/aromatic N) is 3. The third-order valence-corrected chi connectivity index (χ3v) is 4.64. The van der Waals surface area contributed by atoms with Crippen LogP contribution in [0, 0.1) is 12.3 Å². The fourth-order valence-electron chi connectivity index (χ4n) is 2.67. The summed E-state index contributed by atoms with van der Waals surface area (Å²) in [7, 11) is 0. The van der Waals surface area contributed by atoms with Gasteiger partial charge in [0.2, 0.25) is 11.8 Å². The Morgan fingerprint density at radius 1 is 1.38 bits per heavy atom. The molecule has 7 nitrogen and oxygen atoms in total. The van der Waals surface area contributed by atoms with E-state index in [0.29, 0.717) is 12.4 Å². The van der Waals surface area contributed by atoms with E-state index in [4.69, 9.17) is 4.52 Å². The highest BCUT2D eigenvalue weighted by Crippen LogP contribution is 2.20. The standard InChI is InChI=1S/C17H30N4O3/c1-12-10-15(24-19-12)18-16(23)13(2)21-8-6-20(7-9-21)11-14(22)17(3,4)5/h10,13-14,22H,6-9,11H2,1-5H3,(H,18,23)/t13-,14+/m0/s1. The SMILES string of the molecule is Cc1cc(NC(=O)[C@H](C)N2CCN(C[C@@H](O)C(C)(C)C)CC2)on1. The summed E-state index contributed by atoms with van der Waals surface area (Å²) in [5, 5.41) is 16.8. The monoisotopic (exact) mass is 338 g/mol. The summed E-state index contributed by atoms with van der Waals surface area (Å²) < 4.78 is 5.03. The van der Waals surface area contributed by atoms with E-state index in [-0.39, 0.29) is 23.5 Å². The second kappa shape index (κ2) is 7.63. The fraction of sp³-hybridized carbons (Fsp3) is 0.765. The molecule has 1 aliphatic heterocycles. The van der Waals surface area contributed by atoms with Crippen molar-refractivity contribution in [1.82, 2.24) is 15.0 Å². The van der Waals surface area contributed by atoms with Crippen molar-refractivity contribution in [3.8, 4) is 0 Å². The average Bonchev–Trinajstić information content (AvgIpc) is 2.91. The lowest BCUT2D eigenvalue weighted by Gasteiger charge is -2.39. The van der Waals surface area contributed by atoms with Gasteiger partial charge in [0.15, 0.2) is 0 Å². The van der Waals surface area contributed by atoms with Crippen molar-refractivity contribution >= 4 is 11.8 Å². The molecule has 1 aromatic heterocycles. The molecular weight excluding hydrogens is 308 g/mol. The highest BCUT2D eigenvalue weighted by atomic mass is 16.5. The molecule has 1 fully saturated rings. The highest BCUT2D eigenvalue weighted by Gasteiger charge is 2.29. The Labute approximate surface area is 144 Å². The number of amides is 1. The number of piperazine rings is 1. The molecule has 0 spiro atoms. The number of anilines is 1. The van der Waals surface area contributed by atoms with Crippen LogP contribution in [0.2, 0.25) is 0 Å². The minimum absolute atomic E-state index is 0.0886. The number of nitrogens with one attached hydrogen (secondary N) is 1. The number of aliphatic hydroxyl groups excluding tert-OH is 1. The highest BCUT2D eigenvalue weighted by molar-refractivity contribution is 5.93. The lowest BCUT2D eigenvalue weighted by Crippen LogP contribution is -2.54. The minimum Gasteiger partial charge on any atom is -0.391 e. The maximum atomic E-state index is 12.3. The molecule has 2 heterocycles. The van der Waals surface area contributed by atoms with Crippen LogP contribution >= 0.6 is 0 Å². The molecule has 24 heavy (non-hydrogen) atoms. The number of hydrogen-bond acceptors (Lipinski definition) is 6. The van der Waals surface area contributed by atoms with Gasteiger partial charge < -0.3 is 9.63 Å². The van der Waals surface area contributed by atoms with Gasteiger partial charge >= 0.3 is 0 Å². The van der Waals surface area contributed by atoms with Crippen LogP contribution in [0.1, 0.15) is 33.4 Å². The quantitative estimate of drug-likeness (QED) is 0.843. The second-order valence-electron chi connectivity index (χ2n) is 7.72. The zero-order valence-electron chi connectivity index (χ0n) is 15.4. The predicted octanol–water partition coefficient (Wildman–Crippen LogP) is 1.33. The van der Waals surface area contributed by atoms with Gasteiger partial charge in [-0.2, -0.15) is 0 Å². The van der Waals surface area contributed by atoms with Crippen molar-refractivity contribution in [3.05, 3.63) is 11.8 Å². The van der Waals surface area contributed by atoms with Gasteiger partial charge in [0, 0.05) is 38.8 Å². The normalized spacial score (nSPS) is 19.9. The van der Waals surface area contributed by atoms with E-state index in [0.717, 1.165) is 31.9 Å². The van der Waals surface area contributed by atoms with E-state index in [2.05, 4.69) is 20.3 Å². The second-order valence-corrected chi connectivity index (χ2v) is 7.72. The van der Waals surface area contributed by atoms with E-state index < -0.39 is 0 Å². The summed E-state index contributed by atoms with van der Waals surface area (Å²) in [6.45, 7) is 13.9. The van der Waals surface area contributed by atoms with Crippen molar-refractivity contribution in [2.24, 2.45) is 5.41 Å². The van der Waals surface area contributed by atoms with Crippen LogP contribution in [0.25, 0.3) is 0 Å². The van der Waals surface area contributed by atoms with Crippen molar-refractivity contribution in [2.45, 2.75) is 46.8 Å². The van der Waals surface area contributed by atoms with Crippen LogP contribution in [0.5, 0.6) is 0 Å². The summed E-state index contributed by atoms with van der Waals surface area (Å²) >= 11 is 0. The maximum Gasteiger partial charge on any atom is 0.243 e. The summed E-state index contributed by atoms with van der Waals surface area (Å²) in [6.07, 6.45) is -0.348. The smallest absolute Gasteiger partial charge is 0.243 e.